The van der Waals surface area contributed by atoms with Gasteiger partial charge < -0.3 is 39.7 Å². The summed E-state index contributed by atoms with van der Waals surface area (Å²) in [6.07, 6.45) is -10.4. The Morgan fingerprint density at radius 2 is 1.49 bits per heavy atom. The highest BCUT2D eigenvalue weighted by Crippen LogP contribution is 2.60. The van der Waals surface area contributed by atoms with Crippen molar-refractivity contribution in [1.29, 1.82) is 5.41 Å². The molecule has 0 amide bonds. The standard InChI is InChI=1S/C15H25N5O13P2/c16-12-7-13-18-4-19(12)14-10(23)8(21)5(31-14)1-29-34(25,26)33-35(27,28)30-2-6-9(22)11(24)15(32-6)20(13)3-17-7/h4-11,13-17,21-24H,1-3H2,(H,25,26)(H,27,28)/p+2/t5-,6-,7?,8-,9-,10-,11-,13?,14-,15-/m1/s1. The lowest BCUT2D eigenvalue weighted by Gasteiger charge is -2.32. The maximum absolute atomic E-state index is 12.2. The van der Waals surface area contributed by atoms with Gasteiger partial charge in [-0.05, 0) is 0 Å². The first kappa shape index (κ1) is 25.9. The molecule has 14 atom stereocenters. The Morgan fingerprint density at radius 3 is 2.09 bits per heavy atom. The molecule has 6 aliphatic rings. The highest BCUT2D eigenvalue weighted by molar-refractivity contribution is 7.61. The van der Waals surface area contributed by atoms with Crippen molar-refractivity contribution >= 4 is 27.8 Å². The summed E-state index contributed by atoms with van der Waals surface area (Å²) in [5, 5.41) is 53.5. The second-order valence-corrected chi connectivity index (χ2v) is 11.8. The molecule has 20 heteroatoms. The number of fused-ring (bicyclic) bond motifs is 6. The van der Waals surface area contributed by atoms with Crippen molar-refractivity contribution in [3.63, 3.8) is 0 Å². The maximum Gasteiger partial charge on any atom is 0.481 e. The minimum absolute atomic E-state index is 0.00392. The number of aliphatic imine (C=N–C) groups is 1. The van der Waals surface area contributed by atoms with Crippen molar-refractivity contribution in [3.8, 4) is 0 Å². The molecule has 0 aromatic carbocycles. The average molecular weight is 547 g/mol. The van der Waals surface area contributed by atoms with Crippen molar-refractivity contribution in [1.82, 2.24) is 5.32 Å². The fraction of sp³-hybridized carbons (Fsp3) is 0.867. The molecule has 0 aromatic heterocycles. The molecule has 4 fully saturated rings. The molecule has 6 unspecified atom stereocenters. The lowest BCUT2D eigenvalue weighted by Crippen LogP contribution is -3.24. The zero-order valence-electron chi connectivity index (χ0n) is 17.9. The molecule has 10 N–H and O–H groups in total. The van der Waals surface area contributed by atoms with Crippen LogP contribution in [0.25, 0.3) is 0 Å². The molecule has 6 rings (SSSR count). The van der Waals surface area contributed by atoms with Gasteiger partial charge in [0.2, 0.25) is 24.5 Å². The van der Waals surface area contributed by atoms with Gasteiger partial charge in [0, 0.05) is 0 Å². The molecule has 6 aliphatic heterocycles. The summed E-state index contributed by atoms with van der Waals surface area (Å²) in [5.74, 6) is 0.00392. The van der Waals surface area contributed by atoms with Gasteiger partial charge in [-0.2, -0.15) is 9.30 Å². The molecular weight excluding hydrogens is 520 g/mol. The highest BCUT2D eigenvalue weighted by Gasteiger charge is 2.59. The lowest BCUT2D eigenvalue weighted by molar-refractivity contribution is -0.962. The van der Waals surface area contributed by atoms with E-state index in [0.717, 1.165) is 0 Å². The molecule has 4 saturated heterocycles. The van der Waals surface area contributed by atoms with E-state index in [1.165, 1.54) is 6.34 Å². The third-order valence-electron chi connectivity index (χ3n) is 6.63. The summed E-state index contributed by atoms with van der Waals surface area (Å²) in [5.41, 5.74) is 0. The van der Waals surface area contributed by atoms with Crippen molar-refractivity contribution in [2.24, 2.45) is 4.99 Å². The molecule has 0 aromatic rings. The van der Waals surface area contributed by atoms with E-state index in [1.807, 2.05) is 0 Å². The number of hydrogen-bond donors (Lipinski definition) is 10. The Balaban J connectivity index is 1.47. The van der Waals surface area contributed by atoms with Crippen LogP contribution in [0, 0.1) is 5.41 Å². The molecule has 0 aliphatic carbocycles. The van der Waals surface area contributed by atoms with Gasteiger partial charge >= 0.3 is 15.6 Å². The van der Waals surface area contributed by atoms with Crippen LogP contribution in [0.2, 0.25) is 0 Å². The predicted molar refractivity (Wildman–Crippen MR) is 108 cm³/mol. The Labute approximate surface area is 197 Å². The van der Waals surface area contributed by atoms with E-state index in [0.29, 0.717) is 4.90 Å². The van der Waals surface area contributed by atoms with Crippen LogP contribution in [0.3, 0.4) is 0 Å². The molecule has 0 radical (unpaired) electrons. The number of aliphatic hydroxyl groups excluding tert-OH is 4. The number of quaternary nitrogens is 2. The van der Waals surface area contributed by atoms with Gasteiger partial charge in [0.1, 0.15) is 31.1 Å². The highest BCUT2D eigenvalue weighted by atomic mass is 31.3. The Kier molecular flexibility index (Phi) is 6.81. The quantitative estimate of drug-likeness (QED) is 0.127. The number of rotatable bonds is 0. The van der Waals surface area contributed by atoms with Gasteiger partial charge in [-0.3, -0.25) is 19.4 Å². The van der Waals surface area contributed by atoms with Crippen LogP contribution in [-0.2, 0) is 32.0 Å². The smallest absolute Gasteiger partial charge is 0.387 e. The number of phosphoric ester groups is 2. The number of ether oxygens (including phenoxy) is 2. The second-order valence-electron chi connectivity index (χ2n) is 8.79. The normalized spacial score (nSPS) is 56.8. The Morgan fingerprint density at radius 1 is 0.943 bits per heavy atom. The Hall–Kier alpha value is -0.760. The molecular formula is C15H27N5O13P2+2. The van der Waals surface area contributed by atoms with Crippen LogP contribution in [0.5, 0.6) is 0 Å². The summed E-state index contributed by atoms with van der Waals surface area (Å²) in [6.45, 7) is -1.44. The number of hydrogen-bond acceptors (Lipinski definition) is 14. The van der Waals surface area contributed by atoms with E-state index in [2.05, 4.69) is 23.7 Å². The van der Waals surface area contributed by atoms with Gasteiger partial charge in [0.15, 0.2) is 24.6 Å². The van der Waals surface area contributed by atoms with Gasteiger partial charge in [0.05, 0.1) is 13.2 Å². The van der Waals surface area contributed by atoms with Gasteiger partial charge in [-0.25, -0.2) is 19.3 Å². The predicted octanol–water partition coefficient (Wildman–Crippen LogP) is -6.81. The maximum atomic E-state index is 12.2. The molecule has 198 valence electrons. The molecule has 8 bridgehead atoms. The van der Waals surface area contributed by atoms with Crippen LogP contribution in [0.15, 0.2) is 4.99 Å². The SMILES string of the molecule is N=C1C2NC[NH+]3C2N=C[NH+]1[C@@H]1O[C@H](COP(=O)(O)OP(=O)(O)OC[C@H]2O[C@@H]3[C@H](O)[C@@H]2O)[C@@H](O)[C@H]1O. The molecule has 6 heterocycles. The average Bonchev–Trinajstić information content (AvgIpc) is 3.41. The first-order chi connectivity index (χ1) is 16.4. The number of phosphoric acid groups is 2. The van der Waals surface area contributed by atoms with Crippen LogP contribution < -0.4 is 15.1 Å². The summed E-state index contributed by atoms with van der Waals surface area (Å²) < 4.78 is 49.2. The van der Waals surface area contributed by atoms with Gasteiger partial charge in [-0.1, -0.05) is 0 Å². The number of nitrogens with zero attached hydrogens (tertiary/aromatic N) is 1. The zero-order chi connectivity index (χ0) is 25.3. The summed E-state index contributed by atoms with van der Waals surface area (Å²) in [7, 11) is -10.4. The van der Waals surface area contributed by atoms with Crippen molar-refractivity contribution < 1.29 is 72.0 Å². The Bertz CT molecular complexity index is 989. The van der Waals surface area contributed by atoms with Gasteiger partial charge in [0.25, 0.3) is 0 Å². The number of aliphatic hydroxyl groups is 4. The minimum Gasteiger partial charge on any atom is -0.387 e. The van der Waals surface area contributed by atoms with Crippen LogP contribution >= 0.6 is 15.6 Å². The summed E-state index contributed by atoms with van der Waals surface area (Å²) >= 11 is 0. The summed E-state index contributed by atoms with van der Waals surface area (Å²) in [4.78, 5) is 24.8. The van der Waals surface area contributed by atoms with Gasteiger partial charge in [-0.15, -0.1) is 0 Å². The van der Waals surface area contributed by atoms with Crippen LogP contribution in [-0.4, -0.2) is 124 Å². The van der Waals surface area contributed by atoms with Crippen LogP contribution in [0.4, 0.5) is 0 Å². The lowest BCUT2D eigenvalue weighted by atomic mass is 10.1. The van der Waals surface area contributed by atoms with E-state index >= 15 is 0 Å². The third kappa shape index (κ3) is 4.68. The topological polar surface area (TPSA) is 259 Å². The number of amidine groups is 1. The molecule has 18 nitrogen and oxygen atoms in total. The third-order valence-corrected chi connectivity index (χ3v) is 9.23. The second kappa shape index (κ2) is 9.21. The number of nitrogens with one attached hydrogen (secondary N) is 4. The van der Waals surface area contributed by atoms with E-state index < -0.39 is 90.1 Å². The molecule has 0 saturated carbocycles. The van der Waals surface area contributed by atoms with Crippen LogP contribution in [0.1, 0.15) is 0 Å². The fourth-order valence-corrected chi connectivity index (χ4v) is 6.95. The van der Waals surface area contributed by atoms with E-state index in [4.69, 9.17) is 14.9 Å². The van der Waals surface area contributed by atoms with Crippen molar-refractivity contribution in [2.45, 2.75) is 61.3 Å². The van der Waals surface area contributed by atoms with E-state index in [9.17, 15) is 39.3 Å². The first-order valence-electron chi connectivity index (χ1n) is 10.7. The largest absolute Gasteiger partial charge is 0.481 e. The van der Waals surface area contributed by atoms with E-state index in [-0.39, 0.29) is 17.4 Å². The monoisotopic (exact) mass is 547 g/mol. The summed E-state index contributed by atoms with van der Waals surface area (Å²) in [6, 6.07) is -0.681. The van der Waals surface area contributed by atoms with Crippen molar-refractivity contribution in [3.05, 3.63) is 0 Å². The molecule has 0 spiro atoms. The minimum atomic E-state index is -5.23. The fourth-order valence-electron chi connectivity index (χ4n) is 4.85. The first-order valence-corrected chi connectivity index (χ1v) is 13.6. The molecule has 35 heavy (non-hydrogen) atoms. The van der Waals surface area contributed by atoms with Crippen molar-refractivity contribution in [2.75, 3.05) is 19.9 Å². The van der Waals surface area contributed by atoms with E-state index in [1.54, 1.807) is 0 Å². The zero-order valence-corrected chi connectivity index (χ0v) is 19.6.